The summed E-state index contributed by atoms with van der Waals surface area (Å²) in [6.45, 7) is 0.744. The number of amides is 2. The van der Waals surface area contributed by atoms with Crippen molar-refractivity contribution in [3.63, 3.8) is 0 Å². The van der Waals surface area contributed by atoms with Gasteiger partial charge in [-0.15, -0.1) is 0 Å². The first-order chi connectivity index (χ1) is 13.2. The van der Waals surface area contributed by atoms with Crippen molar-refractivity contribution in [2.24, 2.45) is 5.92 Å². The summed E-state index contributed by atoms with van der Waals surface area (Å²) in [5.74, 6) is -1.60. The lowest BCUT2D eigenvalue weighted by molar-refractivity contribution is -0.150. The van der Waals surface area contributed by atoms with Crippen molar-refractivity contribution < 1.29 is 39.0 Å². The quantitative estimate of drug-likeness (QED) is 0.280. The van der Waals surface area contributed by atoms with Crippen LogP contribution in [-0.4, -0.2) is 48.4 Å². The van der Waals surface area contributed by atoms with Gasteiger partial charge in [-0.3, -0.25) is 14.8 Å². The Kier molecular flexibility index (Phi) is 4.89. The van der Waals surface area contributed by atoms with Crippen molar-refractivity contribution in [3.8, 4) is 0 Å². The summed E-state index contributed by atoms with van der Waals surface area (Å²) in [6.07, 6.45) is 1.95. The van der Waals surface area contributed by atoms with E-state index in [1.807, 2.05) is 0 Å². The van der Waals surface area contributed by atoms with E-state index in [4.69, 9.17) is 9.94 Å². The SMILES string of the molecule is O=C(NC(C(=O)NO)C1(OCC2CC2)CNC1)c1ccc(S(F)(F)(F)(F)F)cc1. The molecular formula is C16H20F5N3O4S. The fraction of sp³-hybridized carbons (Fsp3) is 0.500. The first-order valence-electron chi connectivity index (χ1n) is 8.68. The Bertz CT molecular complexity index is 811. The molecule has 1 aromatic carbocycles. The Hall–Kier alpha value is -1.96. The van der Waals surface area contributed by atoms with Gasteiger partial charge < -0.3 is 15.4 Å². The van der Waals surface area contributed by atoms with Gasteiger partial charge in [0.25, 0.3) is 11.8 Å². The van der Waals surface area contributed by atoms with Crippen LogP contribution in [0.3, 0.4) is 0 Å². The number of carbonyl (C=O) groups is 2. The van der Waals surface area contributed by atoms with Crippen molar-refractivity contribution in [3.05, 3.63) is 29.8 Å². The second-order valence-electron chi connectivity index (χ2n) is 7.30. The van der Waals surface area contributed by atoms with Crippen LogP contribution in [0.25, 0.3) is 0 Å². The summed E-state index contributed by atoms with van der Waals surface area (Å²) in [6, 6.07) is 0.0553. The molecule has 2 fully saturated rings. The molecule has 0 bridgehead atoms. The van der Waals surface area contributed by atoms with E-state index >= 15 is 0 Å². The highest BCUT2D eigenvalue weighted by molar-refractivity contribution is 8.45. The molecule has 3 rings (SSSR count). The summed E-state index contributed by atoms with van der Waals surface area (Å²) in [4.78, 5) is 22.4. The number of nitrogens with one attached hydrogen (secondary N) is 3. The zero-order chi connectivity index (χ0) is 21.6. The molecule has 1 unspecified atom stereocenters. The van der Waals surface area contributed by atoms with E-state index in [-0.39, 0.29) is 30.8 Å². The van der Waals surface area contributed by atoms with E-state index in [0.29, 0.717) is 24.7 Å². The van der Waals surface area contributed by atoms with Crippen LogP contribution in [0, 0.1) is 5.92 Å². The number of rotatable bonds is 8. The molecule has 1 aliphatic heterocycles. The third-order valence-electron chi connectivity index (χ3n) is 4.89. The van der Waals surface area contributed by atoms with Crippen LogP contribution in [0.1, 0.15) is 23.2 Å². The standard InChI is InChI=1S/C16H20F5N3O4S/c17-29(18,19,20,21)12-5-3-11(4-6-12)14(25)23-13(15(26)24-27)16(8-22-9-16)28-7-10-1-2-10/h3-6,10,13,22,27H,1-2,7-9H2,(H,23,25)(H,24,26). The molecule has 1 saturated carbocycles. The lowest BCUT2D eigenvalue weighted by Gasteiger charge is -2.46. The molecule has 7 nitrogen and oxygen atoms in total. The molecule has 2 aliphatic rings. The van der Waals surface area contributed by atoms with Crippen LogP contribution in [0.5, 0.6) is 0 Å². The number of carbonyl (C=O) groups excluding carboxylic acids is 2. The van der Waals surface area contributed by atoms with Crippen LogP contribution < -0.4 is 16.1 Å². The lowest BCUT2D eigenvalue weighted by atomic mass is 9.86. The second-order valence-corrected chi connectivity index (χ2v) is 9.71. The van der Waals surface area contributed by atoms with Gasteiger partial charge in [0.15, 0.2) is 0 Å². The Morgan fingerprint density at radius 1 is 1.17 bits per heavy atom. The van der Waals surface area contributed by atoms with Gasteiger partial charge in [0.1, 0.15) is 16.5 Å². The summed E-state index contributed by atoms with van der Waals surface area (Å²) < 4.78 is 69.8. The number of benzene rings is 1. The monoisotopic (exact) mass is 445 g/mol. The van der Waals surface area contributed by atoms with Crippen molar-refractivity contribution >= 4 is 22.0 Å². The van der Waals surface area contributed by atoms with Crippen molar-refractivity contribution in [1.82, 2.24) is 16.1 Å². The molecule has 1 aromatic rings. The molecule has 0 spiro atoms. The van der Waals surface area contributed by atoms with Gasteiger partial charge in [-0.1, -0.05) is 19.4 Å². The Morgan fingerprint density at radius 2 is 1.76 bits per heavy atom. The molecule has 1 heterocycles. The third-order valence-corrected chi connectivity index (χ3v) is 6.05. The molecule has 0 aromatic heterocycles. The van der Waals surface area contributed by atoms with Crippen molar-refractivity contribution in [2.45, 2.75) is 29.4 Å². The predicted molar refractivity (Wildman–Crippen MR) is 93.3 cm³/mol. The fourth-order valence-electron chi connectivity index (χ4n) is 2.91. The third kappa shape index (κ3) is 4.97. The summed E-state index contributed by atoms with van der Waals surface area (Å²) in [5, 5.41) is 14.2. The Balaban J connectivity index is 1.77. The average Bonchev–Trinajstić information content (AvgIpc) is 3.41. The zero-order valence-corrected chi connectivity index (χ0v) is 15.8. The Morgan fingerprint density at radius 3 is 2.17 bits per heavy atom. The lowest BCUT2D eigenvalue weighted by Crippen LogP contribution is -2.74. The van der Waals surface area contributed by atoms with Crippen molar-refractivity contribution in [2.75, 3.05) is 19.7 Å². The summed E-state index contributed by atoms with van der Waals surface area (Å²) >= 11 is 0. The first kappa shape index (κ1) is 21.7. The maximum absolute atomic E-state index is 12.8. The molecule has 1 aliphatic carbocycles. The van der Waals surface area contributed by atoms with Gasteiger partial charge in [-0.25, -0.2) is 5.48 Å². The summed E-state index contributed by atoms with van der Waals surface area (Å²) in [5.41, 5.74) is -0.0755. The molecule has 13 heteroatoms. The number of halogens is 5. The smallest absolute Gasteiger partial charge is 0.310 e. The van der Waals surface area contributed by atoms with Gasteiger partial charge in [0.05, 0.1) is 6.61 Å². The highest BCUT2D eigenvalue weighted by Gasteiger charge is 2.65. The molecule has 4 N–H and O–H groups in total. The van der Waals surface area contributed by atoms with Gasteiger partial charge >= 0.3 is 10.2 Å². The Labute approximate surface area is 162 Å². The molecule has 29 heavy (non-hydrogen) atoms. The van der Waals surface area contributed by atoms with Gasteiger partial charge in [0.2, 0.25) is 0 Å². The van der Waals surface area contributed by atoms with Crippen LogP contribution in [0.4, 0.5) is 19.4 Å². The maximum Gasteiger partial charge on any atom is 0.310 e. The van der Waals surface area contributed by atoms with Crippen molar-refractivity contribution in [1.29, 1.82) is 0 Å². The topological polar surface area (TPSA) is 99.7 Å². The minimum atomic E-state index is -9.86. The second kappa shape index (κ2) is 6.52. The molecule has 2 amide bonds. The van der Waals surface area contributed by atoms with Gasteiger partial charge in [0, 0.05) is 18.7 Å². The van der Waals surface area contributed by atoms with Gasteiger partial charge in [-0.05, 0) is 43.0 Å². The molecule has 1 atom stereocenters. The van der Waals surface area contributed by atoms with E-state index in [0.717, 1.165) is 12.8 Å². The molecule has 1 saturated heterocycles. The molecule has 0 radical (unpaired) electrons. The number of hydroxylamine groups is 1. The number of hydrogen-bond acceptors (Lipinski definition) is 5. The highest BCUT2D eigenvalue weighted by atomic mass is 32.5. The summed E-state index contributed by atoms with van der Waals surface area (Å²) in [7, 11) is -9.86. The van der Waals surface area contributed by atoms with E-state index in [9.17, 15) is 29.0 Å². The van der Waals surface area contributed by atoms with Gasteiger partial charge in [-0.2, -0.15) is 0 Å². The average molecular weight is 445 g/mol. The van der Waals surface area contributed by atoms with Crippen LogP contribution in [0.2, 0.25) is 0 Å². The number of hydrogen-bond donors (Lipinski definition) is 4. The van der Waals surface area contributed by atoms with Crippen LogP contribution >= 0.6 is 10.2 Å². The van der Waals surface area contributed by atoms with E-state index in [2.05, 4.69) is 10.6 Å². The normalized spacial score (nSPS) is 21.9. The first-order valence-corrected chi connectivity index (χ1v) is 10.6. The highest BCUT2D eigenvalue weighted by Crippen LogP contribution is 3.02. The van der Waals surface area contributed by atoms with Crippen LogP contribution in [-0.2, 0) is 9.53 Å². The minimum absolute atomic E-state index is 0.113. The van der Waals surface area contributed by atoms with Crippen LogP contribution in [0.15, 0.2) is 29.2 Å². The fourth-order valence-corrected chi connectivity index (χ4v) is 3.56. The van der Waals surface area contributed by atoms with E-state index < -0.39 is 38.6 Å². The molecule has 164 valence electrons. The zero-order valence-electron chi connectivity index (χ0n) is 15.0. The molecular weight excluding hydrogens is 425 g/mol. The minimum Gasteiger partial charge on any atom is -0.369 e. The maximum atomic E-state index is 12.8. The predicted octanol–water partition coefficient (Wildman–Crippen LogP) is 2.72. The largest absolute Gasteiger partial charge is 0.369 e. The number of ether oxygens (including phenoxy) is 1. The van der Waals surface area contributed by atoms with E-state index in [1.165, 1.54) is 5.48 Å². The van der Waals surface area contributed by atoms with E-state index in [1.54, 1.807) is 0 Å².